The predicted molar refractivity (Wildman–Crippen MR) is 211 cm³/mol. The minimum absolute atomic E-state index is 0.439. The van der Waals surface area contributed by atoms with Gasteiger partial charge in [0.1, 0.15) is 22.3 Å². The first-order chi connectivity index (χ1) is 25.2. The average Bonchev–Trinajstić information content (AvgIpc) is 3.77. The second-order valence-electron chi connectivity index (χ2n) is 12.4. The van der Waals surface area contributed by atoms with Gasteiger partial charge >= 0.3 is 0 Å². The fraction of sp³-hybridized carbons (Fsp3) is 0.0217. The first-order valence-corrected chi connectivity index (χ1v) is 16.9. The van der Waals surface area contributed by atoms with Crippen molar-refractivity contribution in [2.24, 2.45) is 15.0 Å². The van der Waals surface area contributed by atoms with Crippen molar-refractivity contribution >= 4 is 62.3 Å². The van der Waals surface area contributed by atoms with E-state index in [0.29, 0.717) is 18.2 Å². The quantitative estimate of drug-likeness (QED) is 0.132. The summed E-state index contributed by atoms with van der Waals surface area (Å²) in [4.78, 5) is 14.7. The third-order valence-corrected chi connectivity index (χ3v) is 9.32. The summed E-state index contributed by atoms with van der Waals surface area (Å²) in [5, 5.41) is 3.95. The minimum Gasteiger partial charge on any atom is -0.456 e. The van der Waals surface area contributed by atoms with Crippen LogP contribution in [-0.4, -0.2) is 18.4 Å². The van der Waals surface area contributed by atoms with E-state index in [9.17, 15) is 0 Å². The SMILES string of the molecule is C=NC(=NC(=NCc1ccccc1)c1cccc2c1oc1ccccc12)c1cccc2oc3cc(-c4ccc(-c5ccccc5)cc4)ccc3c12. The lowest BCUT2D eigenvalue weighted by atomic mass is 9.99. The zero-order valence-electron chi connectivity index (χ0n) is 27.7. The van der Waals surface area contributed by atoms with Crippen LogP contribution in [0.5, 0.6) is 0 Å². The molecule has 5 nitrogen and oxygen atoms in total. The highest BCUT2D eigenvalue weighted by Crippen LogP contribution is 2.36. The second kappa shape index (κ2) is 12.9. The molecule has 7 aromatic carbocycles. The monoisotopic (exact) mass is 657 g/mol. The highest BCUT2D eigenvalue weighted by Gasteiger charge is 2.19. The van der Waals surface area contributed by atoms with Crippen LogP contribution in [0.4, 0.5) is 0 Å². The topological polar surface area (TPSA) is 63.4 Å². The molecule has 0 fully saturated rings. The van der Waals surface area contributed by atoms with Crippen molar-refractivity contribution in [3.05, 3.63) is 180 Å². The van der Waals surface area contributed by atoms with Gasteiger partial charge in [-0.3, -0.25) is 4.99 Å². The Morgan fingerprint density at radius 1 is 0.471 bits per heavy atom. The Morgan fingerprint density at radius 2 is 1.10 bits per heavy atom. The van der Waals surface area contributed by atoms with Gasteiger partial charge in [0.15, 0.2) is 11.7 Å². The molecule has 0 unspecified atom stereocenters. The Hall–Kier alpha value is -6.85. The first-order valence-electron chi connectivity index (χ1n) is 16.9. The molecule has 0 saturated carbocycles. The third-order valence-electron chi connectivity index (χ3n) is 9.32. The van der Waals surface area contributed by atoms with Crippen LogP contribution in [0.15, 0.2) is 188 Å². The maximum Gasteiger partial charge on any atom is 0.161 e. The molecule has 0 N–H and O–H groups in total. The molecular formula is C46H31N3O2. The van der Waals surface area contributed by atoms with Gasteiger partial charge in [0.25, 0.3) is 0 Å². The van der Waals surface area contributed by atoms with E-state index in [2.05, 4.69) is 103 Å². The molecule has 0 amide bonds. The van der Waals surface area contributed by atoms with Crippen molar-refractivity contribution in [3.63, 3.8) is 0 Å². The smallest absolute Gasteiger partial charge is 0.161 e. The van der Waals surface area contributed by atoms with Crippen LogP contribution >= 0.6 is 0 Å². The average molecular weight is 658 g/mol. The van der Waals surface area contributed by atoms with Crippen molar-refractivity contribution in [3.8, 4) is 22.3 Å². The summed E-state index contributed by atoms with van der Waals surface area (Å²) in [6.45, 7) is 4.40. The van der Waals surface area contributed by atoms with E-state index in [1.807, 2.05) is 72.8 Å². The van der Waals surface area contributed by atoms with Gasteiger partial charge in [0.2, 0.25) is 0 Å². The van der Waals surface area contributed by atoms with Crippen molar-refractivity contribution in [2.75, 3.05) is 0 Å². The molecule has 9 aromatic rings. The van der Waals surface area contributed by atoms with Gasteiger partial charge in [-0.25, -0.2) is 9.98 Å². The third kappa shape index (κ3) is 5.61. The lowest BCUT2D eigenvalue weighted by molar-refractivity contribution is 0.668. The number of hydrogen-bond acceptors (Lipinski definition) is 3. The van der Waals surface area contributed by atoms with Gasteiger partial charge in [0, 0.05) is 27.1 Å². The Balaban J connectivity index is 1.15. The number of benzene rings is 7. The predicted octanol–water partition coefficient (Wildman–Crippen LogP) is 11.9. The molecular weight excluding hydrogens is 627 g/mol. The van der Waals surface area contributed by atoms with Crippen molar-refractivity contribution in [1.29, 1.82) is 0 Å². The Labute approximate surface area is 294 Å². The van der Waals surface area contributed by atoms with Crippen LogP contribution in [0, 0.1) is 0 Å². The number of fused-ring (bicyclic) bond motifs is 6. The highest BCUT2D eigenvalue weighted by molar-refractivity contribution is 6.24. The van der Waals surface area contributed by atoms with Crippen molar-refractivity contribution in [2.45, 2.75) is 6.54 Å². The fourth-order valence-corrected chi connectivity index (χ4v) is 6.81. The molecule has 0 bridgehead atoms. The van der Waals surface area contributed by atoms with Gasteiger partial charge < -0.3 is 8.83 Å². The summed E-state index contributed by atoms with van der Waals surface area (Å²) in [6.07, 6.45) is 0. The summed E-state index contributed by atoms with van der Waals surface area (Å²) in [7, 11) is 0. The van der Waals surface area contributed by atoms with Crippen LogP contribution in [-0.2, 0) is 6.54 Å². The normalized spacial score (nSPS) is 12.3. The zero-order valence-corrected chi connectivity index (χ0v) is 27.7. The molecule has 0 saturated heterocycles. The number of aliphatic imine (C=N–C) groups is 3. The van der Waals surface area contributed by atoms with Gasteiger partial charge in [-0.15, -0.1) is 0 Å². The maximum atomic E-state index is 6.47. The summed E-state index contributed by atoms with van der Waals surface area (Å²) in [5.41, 5.74) is 10.3. The van der Waals surface area contributed by atoms with Crippen LogP contribution in [0.2, 0.25) is 0 Å². The molecule has 242 valence electrons. The van der Waals surface area contributed by atoms with Gasteiger partial charge in [0.05, 0.1) is 12.1 Å². The second-order valence-corrected chi connectivity index (χ2v) is 12.4. The lowest BCUT2D eigenvalue weighted by Gasteiger charge is -2.08. The molecule has 0 atom stereocenters. The molecule has 51 heavy (non-hydrogen) atoms. The summed E-state index contributed by atoms with van der Waals surface area (Å²) in [5.74, 6) is 0.959. The summed E-state index contributed by atoms with van der Waals surface area (Å²) >= 11 is 0. The molecule has 0 radical (unpaired) electrons. The Kier molecular flexibility index (Phi) is 7.63. The number of para-hydroxylation sites is 2. The summed E-state index contributed by atoms with van der Waals surface area (Å²) < 4.78 is 12.9. The molecule has 0 aliphatic carbocycles. The Morgan fingerprint density at radius 3 is 1.90 bits per heavy atom. The van der Waals surface area contributed by atoms with E-state index in [1.54, 1.807) is 0 Å². The molecule has 5 heteroatoms. The van der Waals surface area contributed by atoms with Crippen LogP contribution in [0.25, 0.3) is 66.1 Å². The molecule has 2 heterocycles. The number of amidine groups is 2. The molecule has 2 aromatic heterocycles. The van der Waals surface area contributed by atoms with Crippen molar-refractivity contribution < 1.29 is 8.83 Å². The first kappa shape index (κ1) is 30.2. The molecule has 0 aliphatic rings. The number of rotatable bonds is 6. The van der Waals surface area contributed by atoms with Gasteiger partial charge in [-0.2, -0.15) is 0 Å². The van der Waals surface area contributed by atoms with E-state index < -0.39 is 0 Å². The maximum absolute atomic E-state index is 6.47. The van der Waals surface area contributed by atoms with Crippen LogP contribution in [0.3, 0.4) is 0 Å². The van der Waals surface area contributed by atoms with Crippen LogP contribution < -0.4 is 0 Å². The molecule has 0 aliphatic heterocycles. The highest BCUT2D eigenvalue weighted by atomic mass is 16.3. The zero-order chi connectivity index (χ0) is 34.1. The van der Waals surface area contributed by atoms with E-state index in [4.69, 9.17) is 18.8 Å². The lowest BCUT2D eigenvalue weighted by Crippen LogP contribution is -2.06. The number of hydrogen-bond donors (Lipinski definition) is 0. The minimum atomic E-state index is 0.439. The fourth-order valence-electron chi connectivity index (χ4n) is 6.81. The van der Waals surface area contributed by atoms with Crippen LogP contribution in [0.1, 0.15) is 16.7 Å². The molecule has 9 rings (SSSR count). The van der Waals surface area contributed by atoms with Gasteiger partial charge in [-0.1, -0.05) is 133 Å². The van der Waals surface area contributed by atoms with E-state index in [1.165, 1.54) is 11.1 Å². The standard InChI is InChI=1S/C46H31N3O2/c1-47-45(49-46(48-29-30-12-4-2-5-13-30)39-19-10-17-36-35-16-8-9-20-40(35)51-44(36)39)38-18-11-21-41-43(38)37-27-26-34(28-42(37)50-41)33-24-22-32(23-25-33)31-14-6-3-7-15-31/h2-28H,1,29H2. The van der Waals surface area contributed by atoms with E-state index >= 15 is 0 Å². The van der Waals surface area contributed by atoms with E-state index in [0.717, 1.165) is 71.7 Å². The number of nitrogens with zero attached hydrogens (tertiary/aromatic N) is 3. The number of furan rings is 2. The largest absolute Gasteiger partial charge is 0.456 e. The van der Waals surface area contributed by atoms with Crippen molar-refractivity contribution in [1.82, 2.24) is 0 Å². The van der Waals surface area contributed by atoms with E-state index in [-0.39, 0.29) is 0 Å². The van der Waals surface area contributed by atoms with Gasteiger partial charge in [-0.05, 0) is 64.9 Å². The Bertz CT molecular complexity index is 2770. The summed E-state index contributed by atoms with van der Waals surface area (Å²) in [6, 6.07) is 55.6. The molecule has 0 spiro atoms.